The topological polar surface area (TPSA) is 82.0 Å². The Kier molecular flexibility index (Phi) is 4.80. The maximum Gasteiger partial charge on any atom is 0.323 e. The predicted octanol–water partition coefficient (Wildman–Crippen LogP) is 2.30. The standard InChI is InChI=1S/C17H19F2N3O3/c1-2-20-9-5-7-22(8-6-9)11-4-3-10-14(13(11)18)21-16(19)12(15(10)23)17(24)25/h3-4,9,12,20H,2,5-8H2,1H3,(H,24,25). The van der Waals surface area contributed by atoms with Crippen molar-refractivity contribution in [2.45, 2.75) is 25.8 Å². The van der Waals surface area contributed by atoms with Gasteiger partial charge in [0.25, 0.3) is 0 Å². The summed E-state index contributed by atoms with van der Waals surface area (Å²) in [5.74, 6) is -6.77. The molecule has 1 aromatic rings. The van der Waals surface area contributed by atoms with Gasteiger partial charge in [-0.05, 0) is 31.5 Å². The van der Waals surface area contributed by atoms with Crippen molar-refractivity contribution in [2.24, 2.45) is 10.9 Å². The van der Waals surface area contributed by atoms with Crippen LogP contribution in [0.2, 0.25) is 0 Å². The van der Waals surface area contributed by atoms with E-state index in [0.717, 1.165) is 19.4 Å². The van der Waals surface area contributed by atoms with E-state index in [2.05, 4.69) is 10.3 Å². The molecule has 2 heterocycles. The lowest BCUT2D eigenvalue weighted by atomic mass is 9.93. The summed E-state index contributed by atoms with van der Waals surface area (Å²) in [6.07, 6.45) is 1.70. The Morgan fingerprint density at radius 1 is 1.36 bits per heavy atom. The summed E-state index contributed by atoms with van der Waals surface area (Å²) < 4.78 is 28.7. The number of nitrogens with zero attached hydrogens (tertiary/aromatic N) is 2. The van der Waals surface area contributed by atoms with Gasteiger partial charge in [-0.25, -0.2) is 9.38 Å². The number of halogens is 2. The van der Waals surface area contributed by atoms with Gasteiger partial charge in [0.05, 0.1) is 5.69 Å². The first kappa shape index (κ1) is 17.5. The fourth-order valence-corrected chi connectivity index (χ4v) is 3.37. The van der Waals surface area contributed by atoms with Crippen LogP contribution in [0.1, 0.15) is 30.1 Å². The summed E-state index contributed by atoms with van der Waals surface area (Å²) >= 11 is 0. The van der Waals surface area contributed by atoms with Crippen LogP contribution < -0.4 is 10.2 Å². The van der Waals surface area contributed by atoms with Gasteiger partial charge in [0, 0.05) is 24.7 Å². The number of fused-ring (bicyclic) bond motifs is 1. The molecule has 134 valence electrons. The second kappa shape index (κ2) is 6.87. The quantitative estimate of drug-likeness (QED) is 0.814. The second-order valence-corrected chi connectivity index (χ2v) is 6.18. The van der Waals surface area contributed by atoms with Crippen molar-refractivity contribution in [2.75, 3.05) is 24.5 Å². The predicted molar refractivity (Wildman–Crippen MR) is 89.0 cm³/mol. The summed E-state index contributed by atoms with van der Waals surface area (Å²) in [5, 5.41) is 12.3. The van der Waals surface area contributed by atoms with Crippen molar-refractivity contribution in [1.29, 1.82) is 0 Å². The molecule has 1 aromatic carbocycles. The highest BCUT2D eigenvalue weighted by Gasteiger charge is 2.39. The molecule has 0 saturated carbocycles. The number of anilines is 1. The number of Topliss-reactive ketones (excluding diaryl/α,β-unsaturated/α-hetero) is 1. The van der Waals surface area contributed by atoms with E-state index in [1.165, 1.54) is 12.1 Å². The normalized spacial score (nSPS) is 21.1. The van der Waals surface area contributed by atoms with Crippen LogP contribution in [-0.4, -0.2) is 48.5 Å². The number of carbonyl (C=O) groups excluding carboxylic acids is 1. The number of carbonyl (C=O) groups is 2. The van der Waals surface area contributed by atoms with Crippen LogP contribution in [0.15, 0.2) is 17.1 Å². The molecule has 6 nitrogen and oxygen atoms in total. The van der Waals surface area contributed by atoms with Gasteiger partial charge in [0.1, 0.15) is 5.69 Å². The van der Waals surface area contributed by atoms with E-state index in [9.17, 15) is 18.4 Å². The highest BCUT2D eigenvalue weighted by molar-refractivity contribution is 6.25. The number of carboxylic acid groups (broad SMARTS) is 1. The number of hydrogen-bond acceptors (Lipinski definition) is 5. The zero-order valence-electron chi connectivity index (χ0n) is 13.8. The van der Waals surface area contributed by atoms with Crippen LogP contribution in [-0.2, 0) is 4.79 Å². The fraction of sp³-hybridized carbons (Fsp3) is 0.471. The van der Waals surface area contributed by atoms with Crippen molar-refractivity contribution in [3.8, 4) is 0 Å². The van der Waals surface area contributed by atoms with Gasteiger partial charge in [0.15, 0.2) is 17.5 Å². The molecule has 0 bridgehead atoms. The van der Waals surface area contributed by atoms with Crippen molar-refractivity contribution < 1.29 is 23.5 Å². The Morgan fingerprint density at radius 2 is 2.04 bits per heavy atom. The minimum atomic E-state index is -1.99. The average Bonchev–Trinajstić information content (AvgIpc) is 2.57. The molecule has 2 aliphatic rings. The van der Waals surface area contributed by atoms with E-state index in [0.29, 0.717) is 19.1 Å². The smallest absolute Gasteiger partial charge is 0.323 e. The van der Waals surface area contributed by atoms with Gasteiger partial charge in [-0.3, -0.25) is 9.59 Å². The average molecular weight is 351 g/mol. The molecule has 25 heavy (non-hydrogen) atoms. The van der Waals surface area contributed by atoms with Crippen LogP contribution in [0.25, 0.3) is 0 Å². The molecule has 1 unspecified atom stereocenters. The van der Waals surface area contributed by atoms with E-state index in [-0.39, 0.29) is 11.3 Å². The van der Waals surface area contributed by atoms with Crippen molar-refractivity contribution in [3.05, 3.63) is 23.5 Å². The largest absolute Gasteiger partial charge is 0.480 e. The number of nitrogens with one attached hydrogen (secondary N) is 1. The number of benzene rings is 1. The first-order chi connectivity index (χ1) is 11.9. The zero-order valence-corrected chi connectivity index (χ0v) is 13.8. The molecule has 3 rings (SSSR count). The van der Waals surface area contributed by atoms with Crippen molar-refractivity contribution >= 4 is 29.1 Å². The molecular formula is C17H19F2N3O3. The van der Waals surface area contributed by atoms with Gasteiger partial charge >= 0.3 is 5.97 Å². The molecular weight excluding hydrogens is 332 g/mol. The monoisotopic (exact) mass is 351 g/mol. The third kappa shape index (κ3) is 3.13. The van der Waals surface area contributed by atoms with Crippen molar-refractivity contribution in [3.63, 3.8) is 0 Å². The molecule has 0 spiro atoms. The third-order valence-corrected chi connectivity index (χ3v) is 4.66. The number of aliphatic carboxylic acids is 1. The first-order valence-corrected chi connectivity index (χ1v) is 8.26. The summed E-state index contributed by atoms with van der Waals surface area (Å²) in [4.78, 5) is 28.4. The minimum Gasteiger partial charge on any atom is -0.480 e. The lowest BCUT2D eigenvalue weighted by Crippen LogP contribution is -2.42. The van der Waals surface area contributed by atoms with E-state index in [1.54, 1.807) is 0 Å². The Bertz CT molecular complexity index is 743. The molecule has 0 aromatic heterocycles. The molecule has 0 amide bonds. The summed E-state index contributed by atoms with van der Waals surface area (Å²) in [6.45, 7) is 4.17. The van der Waals surface area contributed by atoms with Gasteiger partial charge in [0.2, 0.25) is 5.97 Å². The van der Waals surface area contributed by atoms with Gasteiger partial charge < -0.3 is 15.3 Å². The number of hydrogen-bond donors (Lipinski definition) is 2. The minimum absolute atomic E-state index is 0.197. The molecule has 2 aliphatic heterocycles. The van der Waals surface area contributed by atoms with E-state index in [1.807, 2.05) is 11.8 Å². The van der Waals surface area contributed by atoms with Crippen LogP contribution in [0.4, 0.5) is 20.2 Å². The van der Waals surface area contributed by atoms with Crippen LogP contribution in [0.5, 0.6) is 0 Å². The van der Waals surface area contributed by atoms with Gasteiger partial charge in [-0.2, -0.15) is 4.39 Å². The van der Waals surface area contributed by atoms with Crippen LogP contribution in [0, 0.1) is 11.7 Å². The number of piperidine rings is 1. The molecule has 0 radical (unpaired) electrons. The number of ketones is 1. The van der Waals surface area contributed by atoms with Gasteiger partial charge in [-0.15, -0.1) is 0 Å². The Hall–Kier alpha value is -2.35. The Labute approximate surface area is 143 Å². The first-order valence-electron chi connectivity index (χ1n) is 8.26. The highest BCUT2D eigenvalue weighted by Crippen LogP contribution is 2.37. The molecule has 1 saturated heterocycles. The molecule has 1 atom stereocenters. The molecule has 0 aliphatic carbocycles. The van der Waals surface area contributed by atoms with Crippen LogP contribution >= 0.6 is 0 Å². The lowest BCUT2D eigenvalue weighted by Gasteiger charge is -2.34. The molecule has 2 N–H and O–H groups in total. The number of carboxylic acids is 1. The van der Waals surface area contributed by atoms with E-state index < -0.39 is 35.1 Å². The maximum atomic E-state index is 14.8. The molecule has 8 heteroatoms. The summed E-state index contributed by atoms with van der Waals surface area (Å²) in [6, 6.07) is 3.16. The highest BCUT2D eigenvalue weighted by atomic mass is 19.1. The van der Waals surface area contributed by atoms with E-state index in [4.69, 9.17) is 5.11 Å². The second-order valence-electron chi connectivity index (χ2n) is 6.18. The van der Waals surface area contributed by atoms with Crippen LogP contribution in [0.3, 0.4) is 0 Å². The fourth-order valence-electron chi connectivity index (χ4n) is 3.37. The Balaban J connectivity index is 1.89. The number of aliphatic imine (C=N–C) groups is 1. The Morgan fingerprint density at radius 3 is 2.64 bits per heavy atom. The number of rotatable bonds is 4. The zero-order chi connectivity index (χ0) is 18.1. The van der Waals surface area contributed by atoms with Gasteiger partial charge in [-0.1, -0.05) is 6.92 Å². The lowest BCUT2D eigenvalue weighted by molar-refractivity contribution is -0.138. The molecule has 1 fully saturated rings. The summed E-state index contributed by atoms with van der Waals surface area (Å²) in [7, 11) is 0. The summed E-state index contributed by atoms with van der Waals surface area (Å²) in [5.41, 5.74) is -0.351. The third-order valence-electron chi connectivity index (χ3n) is 4.66. The SMILES string of the molecule is CCNC1CCN(c2ccc3c(c2F)N=C(F)C(C(=O)O)C3=O)CC1. The van der Waals surface area contributed by atoms with Crippen molar-refractivity contribution in [1.82, 2.24) is 5.32 Å². The van der Waals surface area contributed by atoms with E-state index >= 15 is 0 Å². The maximum absolute atomic E-state index is 14.8.